The van der Waals surface area contributed by atoms with Crippen LogP contribution in [0.3, 0.4) is 0 Å². The number of nitrogens with zero attached hydrogens (tertiary/aromatic N) is 2. The van der Waals surface area contributed by atoms with Crippen molar-refractivity contribution in [3.63, 3.8) is 0 Å². The second kappa shape index (κ2) is 15.7. The number of sulfonamides is 1. The molecule has 1 atom stereocenters. The fourth-order valence-electron chi connectivity index (χ4n) is 5.54. The number of rotatable bonds is 13. The highest BCUT2D eigenvalue weighted by Gasteiger charge is 2.32. The number of amides is 2. The fraction of sp³-hybridized carbons (Fsp3) is 0.394. The number of carbonyl (C=O) groups excluding carboxylic acids is 2. The Bertz CT molecular complexity index is 1520. The molecule has 1 aliphatic carbocycles. The number of halogens is 3. The summed E-state index contributed by atoms with van der Waals surface area (Å²) >= 11 is 12.5. The summed E-state index contributed by atoms with van der Waals surface area (Å²) in [6.07, 6.45) is 6.57. The summed E-state index contributed by atoms with van der Waals surface area (Å²) in [7, 11) is -3.70. The van der Waals surface area contributed by atoms with Crippen LogP contribution in [0.2, 0.25) is 10.0 Å². The lowest BCUT2D eigenvalue weighted by Crippen LogP contribution is -2.52. The average molecular weight is 663 g/mol. The molecular weight excluding hydrogens is 624 g/mol. The maximum absolute atomic E-state index is 14.0. The number of hydrogen-bond donors (Lipinski definition) is 1. The minimum Gasteiger partial charge on any atom is -0.352 e. The Balaban J connectivity index is 1.60. The van der Waals surface area contributed by atoms with Gasteiger partial charge in [-0.2, -0.15) is 0 Å². The quantitative estimate of drug-likeness (QED) is 0.219. The van der Waals surface area contributed by atoms with Crippen LogP contribution in [-0.4, -0.2) is 50.0 Å². The number of anilines is 1. The van der Waals surface area contributed by atoms with Crippen molar-refractivity contribution in [2.24, 2.45) is 0 Å². The van der Waals surface area contributed by atoms with Gasteiger partial charge >= 0.3 is 0 Å². The van der Waals surface area contributed by atoms with Gasteiger partial charge in [0.1, 0.15) is 11.9 Å². The molecule has 11 heteroatoms. The van der Waals surface area contributed by atoms with Crippen LogP contribution in [0.15, 0.2) is 72.8 Å². The summed E-state index contributed by atoms with van der Waals surface area (Å²) in [5, 5.41) is 3.92. The van der Waals surface area contributed by atoms with Crippen LogP contribution in [-0.2, 0) is 32.6 Å². The number of benzene rings is 3. The fourth-order valence-corrected chi connectivity index (χ4v) is 6.83. The van der Waals surface area contributed by atoms with Crippen LogP contribution in [0.25, 0.3) is 0 Å². The van der Waals surface area contributed by atoms with Crippen LogP contribution in [0.5, 0.6) is 0 Å². The Morgan fingerprint density at radius 2 is 1.61 bits per heavy atom. The Morgan fingerprint density at radius 1 is 0.932 bits per heavy atom. The largest absolute Gasteiger partial charge is 0.352 e. The summed E-state index contributed by atoms with van der Waals surface area (Å²) in [6.45, 7) is 0.119. The van der Waals surface area contributed by atoms with Crippen LogP contribution in [0.4, 0.5) is 10.1 Å². The summed E-state index contributed by atoms with van der Waals surface area (Å²) in [4.78, 5) is 29.5. The van der Waals surface area contributed by atoms with Gasteiger partial charge in [0.2, 0.25) is 21.8 Å². The molecule has 1 fully saturated rings. The third kappa shape index (κ3) is 9.68. The molecule has 0 saturated heterocycles. The van der Waals surface area contributed by atoms with Crippen molar-refractivity contribution in [1.82, 2.24) is 10.2 Å². The zero-order valence-electron chi connectivity index (χ0n) is 24.7. The van der Waals surface area contributed by atoms with Crippen LogP contribution >= 0.6 is 23.2 Å². The molecule has 236 valence electrons. The first-order chi connectivity index (χ1) is 21.0. The van der Waals surface area contributed by atoms with E-state index < -0.39 is 21.9 Å². The molecule has 0 aliphatic heterocycles. The smallest absolute Gasteiger partial charge is 0.243 e. The van der Waals surface area contributed by atoms with Crippen LogP contribution < -0.4 is 9.62 Å². The molecule has 0 heterocycles. The molecule has 3 aromatic carbocycles. The van der Waals surface area contributed by atoms with Crippen molar-refractivity contribution in [3.8, 4) is 0 Å². The zero-order valence-corrected chi connectivity index (χ0v) is 27.1. The van der Waals surface area contributed by atoms with Gasteiger partial charge in [-0.25, -0.2) is 12.8 Å². The molecule has 1 aliphatic rings. The van der Waals surface area contributed by atoms with E-state index in [0.29, 0.717) is 27.7 Å². The molecule has 1 saturated carbocycles. The minimum atomic E-state index is -3.70. The van der Waals surface area contributed by atoms with E-state index in [1.807, 2.05) is 30.3 Å². The second-order valence-corrected chi connectivity index (χ2v) is 14.0. The summed E-state index contributed by atoms with van der Waals surface area (Å²) in [5.74, 6) is -1.01. The lowest BCUT2D eigenvalue weighted by molar-refractivity contribution is -0.141. The molecule has 44 heavy (non-hydrogen) atoms. The van der Waals surface area contributed by atoms with Crippen molar-refractivity contribution < 1.29 is 22.4 Å². The van der Waals surface area contributed by atoms with Gasteiger partial charge in [-0.1, -0.05) is 78.9 Å². The van der Waals surface area contributed by atoms with Gasteiger partial charge in [-0.15, -0.1) is 0 Å². The predicted molar refractivity (Wildman–Crippen MR) is 174 cm³/mol. The van der Waals surface area contributed by atoms with Crippen molar-refractivity contribution in [2.75, 3.05) is 17.1 Å². The number of nitrogens with one attached hydrogen (secondary N) is 1. The Morgan fingerprint density at radius 3 is 2.25 bits per heavy atom. The highest BCUT2D eigenvalue weighted by atomic mass is 35.5. The normalized spacial score (nSPS) is 14.5. The van der Waals surface area contributed by atoms with E-state index >= 15 is 0 Å². The van der Waals surface area contributed by atoms with Gasteiger partial charge in [0.05, 0.1) is 22.0 Å². The molecule has 0 spiro atoms. The highest BCUT2D eigenvalue weighted by Crippen LogP contribution is 2.26. The first kappa shape index (κ1) is 33.7. The average Bonchev–Trinajstić information content (AvgIpc) is 3.00. The van der Waals surface area contributed by atoms with E-state index in [1.165, 1.54) is 24.3 Å². The number of hydrogen-bond acceptors (Lipinski definition) is 4. The van der Waals surface area contributed by atoms with Gasteiger partial charge in [0.25, 0.3) is 0 Å². The number of carbonyl (C=O) groups is 2. The third-order valence-corrected chi connectivity index (χ3v) is 9.76. The first-order valence-electron chi connectivity index (χ1n) is 14.8. The maximum atomic E-state index is 14.0. The van der Waals surface area contributed by atoms with Gasteiger partial charge in [-0.05, 0) is 66.8 Å². The molecule has 2 amide bonds. The van der Waals surface area contributed by atoms with Crippen LogP contribution in [0, 0.1) is 5.82 Å². The minimum absolute atomic E-state index is 0.00837. The third-order valence-electron chi connectivity index (χ3n) is 7.83. The second-order valence-electron chi connectivity index (χ2n) is 11.2. The van der Waals surface area contributed by atoms with Gasteiger partial charge in [0, 0.05) is 32.0 Å². The molecule has 0 unspecified atom stereocenters. The highest BCUT2D eigenvalue weighted by molar-refractivity contribution is 7.92. The lowest BCUT2D eigenvalue weighted by atomic mass is 9.94. The lowest BCUT2D eigenvalue weighted by Gasteiger charge is -2.34. The van der Waals surface area contributed by atoms with Crippen molar-refractivity contribution in [1.29, 1.82) is 0 Å². The van der Waals surface area contributed by atoms with E-state index in [-0.39, 0.29) is 43.8 Å². The SMILES string of the molecule is CS(=O)(=O)N(CCCC(=O)N(Cc1ccc(Cl)c(Cl)c1)[C@@H](Cc1ccccc1)C(=O)NC1CCCCC1)c1ccc(F)cc1. The van der Waals surface area contributed by atoms with Gasteiger partial charge < -0.3 is 10.2 Å². The summed E-state index contributed by atoms with van der Waals surface area (Å²) in [6, 6.07) is 19.0. The Kier molecular flexibility index (Phi) is 12.1. The van der Waals surface area contributed by atoms with E-state index in [9.17, 15) is 22.4 Å². The molecular formula is C33H38Cl2FN3O4S. The van der Waals surface area contributed by atoms with Crippen LogP contribution in [0.1, 0.15) is 56.1 Å². The molecule has 0 bridgehead atoms. The topological polar surface area (TPSA) is 86.8 Å². The standard InChI is InChI=1S/C33H38Cl2FN3O4S/c1-44(42,43)39(28-17-15-26(36)16-18-28)20-8-13-32(40)38(23-25-14-19-29(34)30(35)21-25)31(22-24-9-4-2-5-10-24)33(41)37-27-11-6-3-7-12-27/h2,4-5,9-10,14-19,21,27,31H,3,6-8,11-13,20,22-23H2,1H3,(H,37,41)/t31-/m0/s1. The van der Waals surface area contributed by atoms with E-state index in [2.05, 4.69) is 5.32 Å². The van der Waals surface area contributed by atoms with E-state index in [4.69, 9.17) is 23.2 Å². The first-order valence-corrected chi connectivity index (χ1v) is 17.4. The zero-order chi connectivity index (χ0) is 31.7. The van der Waals surface area contributed by atoms with Crippen molar-refractivity contribution >= 4 is 50.7 Å². The predicted octanol–water partition coefficient (Wildman–Crippen LogP) is 6.77. The van der Waals surface area contributed by atoms with E-state index in [1.54, 1.807) is 23.1 Å². The summed E-state index contributed by atoms with van der Waals surface area (Å²) in [5.41, 5.74) is 1.92. The molecule has 3 aromatic rings. The van der Waals surface area contributed by atoms with Crippen molar-refractivity contribution in [3.05, 3.63) is 99.8 Å². The van der Waals surface area contributed by atoms with Gasteiger partial charge in [0.15, 0.2) is 0 Å². The Hall–Kier alpha value is -3.14. The molecule has 7 nitrogen and oxygen atoms in total. The molecule has 0 radical (unpaired) electrons. The molecule has 4 rings (SSSR count). The van der Waals surface area contributed by atoms with Gasteiger partial charge in [-0.3, -0.25) is 13.9 Å². The van der Waals surface area contributed by atoms with Crippen molar-refractivity contribution in [2.45, 2.75) is 70.0 Å². The monoisotopic (exact) mass is 661 g/mol. The summed E-state index contributed by atoms with van der Waals surface area (Å²) < 4.78 is 39.8. The van der Waals surface area contributed by atoms with E-state index in [0.717, 1.165) is 48.2 Å². The molecule has 1 N–H and O–H groups in total. The Labute approximate surface area is 269 Å². The molecule has 0 aromatic heterocycles. The maximum Gasteiger partial charge on any atom is 0.243 e.